The summed E-state index contributed by atoms with van der Waals surface area (Å²) in [6.07, 6.45) is 0. The lowest BCUT2D eigenvalue weighted by atomic mass is 10.6. The lowest BCUT2D eigenvalue weighted by molar-refractivity contribution is 0.400. The van der Waals surface area contributed by atoms with E-state index in [2.05, 4.69) is 22.8 Å². The molecule has 0 saturated carbocycles. The van der Waals surface area contributed by atoms with Crippen LogP contribution >= 0.6 is 24.0 Å². The first kappa shape index (κ1) is 7.97. The van der Waals surface area contributed by atoms with E-state index < -0.39 is 0 Å². The van der Waals surface area contributed by atoms with E-state index in [0.717, 1.165) is 15.9 Å². The molecule has 5 heteroatoms. The summed E-state index contributed by atoms with van der Waals surface area (Å²) in [5.74, 6) is 0. The van der Waals surface area contributed by atoms with Crippen LogP contribution in [-0.4, -0.2) is 29.2 Å². The minimum Gasteiger partial charge on any atom is -0.303 e. The lowest BCUT2D eigenvalue weighted by Gasteiger charge is -2.03. The molecule has 0 saturated heterocycles. The number of nitrogens with zero attached hydrogens (tertiary/aromatic N) is 3. The molecule has 0 spiro atoms. The van der Waals surface area contributed by atoms with Crippen molar-refractivity contribution in [2.75, 3.05) is 14.1 Å². The maximum absolute atomic E-state index is 4.05. The fourth-order valence-electron chi connectivity index (χ4n) is 0.579. The van der Waals surface area contributed by atoms with E-state index in [9.17, 15) is 0 Å². The zero-order chi connectivity index (χ0) is 7.56. The first-order chi connectivity index (χ1) is 4.68. The van der Waals surface area contributed by atoms with Crippen molar-refractivity contribution in [2.45, 2.75) is 10.9 Å². The topological polar surface area (TPSA) is 29.0 Å². The standard InChI is InChI=1S/C5H9N3S2/c1-8(2)3-4-6-7-5(9)10-4/h3H2,1-2H3,(H,7,9). The quantitative estimate of drug-likeness (QED) is 0.677. The van der Waals surface area contributed by atoms with E-state index in [-0.39, 0.29) is 0 Å². The van der Waals surface area contributed by atoms with Gasteiger partial charge in [-0.1, -0.05) is 11.3 Å². The molecule has 0 fully saturated rings. The van der Waals surface area contributed by atoms with Crippen molar-refractivity contribution in [1.82, 2.24) is 15.1 Å². The molecule has 0 N–H and O–H groups in total. The second-order valence-electron chi connectivity index (χ2n) is 2.22. The zero-order valence-electron chi connectivity index (χ0n) is 5.90. The first-order valence-corrected chi connectivity index (χ1v) is 4.11. The molecule has 10 heavy (non-hydrogen) atoms. The van der Waals surface area contributed by atoms with Crippen molar-refractivity contribution >= 4 is 24.0 Å². The summed E-state index contributed by atoms with van der Waals surface area (Å²) in [7, 11) is 4.00. The fraction of sp³-hybridized carbons (Fsp3) is 0.600. The van der Waals surface area contributed by atoms with Gasteiger partial charge in [-0.25, -0.2) is 0 Å². The van der Waals surface area contributed by atoms with Crippen LogP contribution < -0.4 is 0 Å². The van der Waals surface area contributed by atoms with Gasteiger partial charge in [-0.2, -0.15) is 0 Å². The van der Waals surface area contributed by atoms with E-state index in [1.54, 1.807) is 0 Å². The average molecular weight is 175 g/mol. The van der Waals surface area contributed by atoms with Gasteiger partial charge in [0.15, 0.2) is 4.34 Å². The molecule has 0 aliphatic heterocycles. The van der Waals surface area contributed by atoms with Crippen molar-refractivity contribution in [1.29, 1.82) is 0 Å². The van der Waals surface area contributed by atoms with E-state index >= 15 is 0 Å². The Bertz CT molecular complexity index is 208. The molecule has 1 aromatic heterocycles. The maximum atomic E-state index is 4.05. The van der Waals surface area contributed by atoms with Crippen molar-refractivity contribution in [2.24, 2.45) is 0 Å². The lowest BCUT2D eigenvalue weighted by Crippen LogP contribution is -2.10. The third-order valence-corrected chi connectivity index (χ3v) is 1.98. The van der Waals surface area contributed by atoms with Gasteiger partial charge in [0.05, 0.1) is 6.54 Å². The summed E-state index contributed by atoms with van der Waals surface area (Å²) in [6.45, 7) is 0.845. The molecule has 56 valence electrons. The smallest absolute Gasteiger partial charge is 0.171 e. The molecule has 1 rings (SSSR count). The number of rotatable bonds is 2. The Labute approximate surface area is 69.5 Å². The summed E-state index contributed by atoms with van der Waals surface area (Å²) in [5, 5.41) is 8.69. The molecule has 1 heterocycles. The summed E-state index contributed by atoms with van der Waals surface area (Å²) in [6, 6.07) is 0. The van der Waals surface area contributed by atoms with Crippen LogP contribution in [0.2, 0.25) is 0 Å². The highest BCUT2D eigenvalue weighted by molar-refractivity contribution is 7.82. The zero-order valence-corrected chi connectivity index (χ0v) is 7.62. The number of thiol groups is 1. The molecule has 0 radical (unpaired) electrons. The molecular weight excluding hydrogens is 166 g/mol. The molecule has 0 aliphatic rings. The van der Waals surface area contributed by atoms with Crippen LogP contribution in [0.1, 0.15) is 5.01 Å². The minimum absolute atomic E-state index is 0.733. The normalized spacial score (nSPS) is 10.8. The minimum atomic E-state index is 0.733. The fourth-order valence-corrected chi connectivity index (χ4v) is 1.64. The highest BCUT2D eigenvalue weighted by atomic mass is 32.2. The molecule has 0 bridgehead atoms. The average Bonchev–Trinajstić information content (AvgIpc) is 2.13. The SMILES string of the molecule is CN(C)Cc1nnc(S)s1. The Morgan fingerprint density at radius 1 is 1.50 bits per heavy atom. The summed E-state index contributed by atoms with van der Waals surface area (Å²) in [4.78, 5) is 2.05. The predicted octanol–water partition coefficient (Wildman–Crippen LogP) is 0.888. The van der Waals surface area contributed by atoms with E-state index in [0.29, 0.717) is 0 Å². The van der Waals surface area contributed by atoms with Gasteiger partial charge in [-0.3, -0.25) is 0 Å². The Hall–Kier alpha value is -0.130. The Kier molecular flexibility index (Phi) is 2.64. The number of aromatic nitrogens is 2. The highest BCUT2D eigenvalue weighted by Gasteiger charge is 2.00. The molecular formula is C5H9N3S2. The predicted molar refractivity (Wildman–Crippen MR) is 44.6 cm³/mol. The highest BCUT2D eigenvalue weighted by Crippen LogP contribution is 2.13. The van der Waals surface area contributed by atoms with Crippen LogP contribution in [0.15, 0.2) is 4.34 Å². The van der Waals surface area contributed by atoms with E-state index in [1.165, 1.54) is 11.3 Å². The molecule has 0 amide bonds. The summed E-state index contributed by atoms with van der Waals surface area (Å²) < 4.78 is 0.733. The van der Waals surface area contributed by atoms with Gasteiger partial charge in [0.1, 0.15) is 5.01 Å². The Morgan fingerprint density at radius 3 is 2.60 bits per heavy atom. The third kappa shape index (κ3) is 2.24. The molecule has 0 aromatic carbocycles. The van der Waals surface area contributed by atoms with Crippen molar-refractivity contribution in [3.05, 3.63) is 5.01 Å². The number of hydrogen-bond donors (Lipinski definition) is 1. The Balaban J connectivity index is 2.58. The molecule has 0 aliphatic carbocycles. The van der Waals surface area contributed by atoms with E-state index in [1.807, 2.05) is 19.0 Å². The van der Waals surface area contributed by atoms with Crippen molar-refractivity contribution < 1.29 is 0 Å². The second-order valence-corrected chi connectivity index (χ2v) is 4.00. The van der Waals surface area contributed by atoms with Gasteiger partial charge < -0.3 is 4.90 Å². The van der Waals surface area contributed by atoms with Gasteiger partial charge in [0.2, 0.25) is 0 Å². The van der Waals surface area contributed by atoms with Gasteiger partial charge >= 0.3 is 0 Å². The third-order valence-electron chi connectivity index (χ3n) is 0.908. The van der Waals surface area contributed by atoms with Crippen LogP contribution in [0.3, 0.4) is 0 Å². The first-order valence-electron chi connectivity index (χ1n) is 2.84. The van der Waals surface area contributed by atoms with Crippen LogP contribution in [0.25, 0.3) is 0 Å². The van der Waals surface area contributed by atoms with Crippen LogP contribution in [0.4, 0.5) is 0 Å². The molecule has 3 nitrogen and oxygen atoms in total. The molecule has 1 aromatic rings. The summed E-state index contributed by atoms with van der Waals surface area (Å²) >= 11 is 5.57. The molecule has 0 atom stereocenters. The van der Waals surface area contributed by atoms with Gasteiger partial charge in [-0.05, 0) is 14.1 Å². The van der Waals surface area contributed by atoms with Crippen LogP contribution in [0, 0.1) is 0 Å². The summed E-state index contributed by atoms with van der Waals surface area (Å²) in [5.41, 5.74) is 0. The van der Waals surface area contributed by atoms with E-state index in [4.69, 9.17) is 0 Å². The van der Waals surface area contributed by atoms with Crippen LogP contribution in [0.5, 0.6) is 0 Å². The molecule has 0 unspecified atom stereocenters. The monoisotopic (exact) mass is 175 g/mol. The number of hydrogen-bond acceptors (Lipinski definition) is 5. The Morgan fingerprint density at radius 2 is 2.20 bits per heavy atom. The largest absolute Gasteiger partial charge is 0.303 e. The van der Waals surface area contributed by atoms with Gasteiger partial charge in [-0.15, -0.1) is 22.8 Å². The maximum Gasteiger partial charge on any atom is 0.171 e. The van der Waals surface area contributed by atoms with Crippen molar-refractivity contribution in [3.8, 4) is 0 Å². The van der Waals surface area contributed by atoms with Crippen LogP contribution in [-0.2, 0) is 6.54 Å². The van der Waals surface area contributed by atoms with Gasteiger partial charge in [0.25, 0.3) is 0 Å². The van der Waals surface area contributed by atoms with Crippen molar-refractivity contribution in [3.63, 3.8) is 0 Å². The van der Waals surface area contributed by atoms with Gasteiger partial charge in [0, 0.05) is 0 Å². The second kappa shape index (κ2) is 3.32.